The van der Waals surface area contributed by atoms with Crippen LogP contribution in [0.1, 0.15) is 32.4 Å². The topological polar surface area (TPSA) is 100 Å². The van der Waals surface area contributed by atoms with Crippen LogP contribution < -0.4 is 15.4 Å². The Balaban J connectivity index is 1.92. The van der Waals surface area contributed by atoms with Gasteiger partial charge in [0.1, 0.15) is 5.75 Å². The fraction of sp³-hybridized carbons (Fsp3) is 0.409. The fourth-order valence-corrected chi connectivity index (χ4v) is 3.89. The minimum absolute atomic E-state index is 0.0543. The maximum Gasteiger partial charge on any atom is 0.191 e. The highest BCUT2D eigenvalue weighted by Gasteiger charge is 2.14. The number of aliphatic hydroxyl groups excluding tert-OH is 1. The minimum Gasteiger partial charge on any atom is -0.491 e. The van der Waals surface area contributed by atoms with Crippen LogP contribution in [0.15, 0.2) is 64.5 Å². The molecule has 0 amide bonds. The number of aliphatic imine (C=N–C) groups is 1. The smallest absolute Gasteiger partial charge is 0.191 e. The quantitative estimate of drug-likeness (QED) is 0.393. The summed E-state index contributed by atoms with van der Waals surface area (Å²) in [5.41, 5.74) is 0.734. The molecule has 1 atom stereocenters. The van der Waals surface area contributed by atoms with Gasteiger partial charge in [0.2, 0.25) is 0 Å². The number of hydrogen-bond acceptors (Lipinski definition) is 5. The maximum absolute atomic E-state index is 12.4. The number of aliphatic hydroxyl groups is 1. The predicted octanol–water partition coefficient (Wildman–Crippen LogP) is 2.54. The van der Waals surface area contributed by atoms with E-state index in [-0.39, 0.29) is 24.9 Å². The van der Waals surface area contributed by atoms with Gasteiger partial charge in [0.05, 0.1) is 29.4 Å². The molecule has 0 spiro atoms. The number of nitrogens with zero attached hydrogens (tertiary/aromatic N) is 1. The average molecular weight is 434 g/mol. The van der Waals surface area contributed by atoms with Gasteiger partial charge in [-0.05, 0) is 50.6 Å². The lowest BCUT2D eigenvalue weighted by atomic mass is 10.1. The zero-order chi connectivity index (χ0) is 22.0. The van der Waals surface area contributed by atoms with E-state index in [2.05, 4.69) is 15.6 Å². The van der Waals surface area contributed by atoms with Crippen molar-refractivity contribution in [1.82, 2.24) is 10.6 Å². The summed E-state index contributed by atoms with van der Waals surface area (Å²) in [4.78, 5) is 4.67. The summed E-state index contributed by atoms with van der Waals surface area (Å²) in [7, 11) is -3.36. The Morgan fingerprint density at radius 2 is 1.73 bits per heavy atom. The third-order valence-corrected chi connectivity index (χ3v) is 5.90. The molecule has 3 N–H and O–H groups in total. The van der Waals surface area contributed by atoms with Crippen molar-refractivity contribution in [2.75, 3.05) is 25.4 Å². The average Bonchev–Trinajstić information content (AvgIpc) is 2.72. The Bertz CT molecular complexity index is 898. The summed E-state index contributed by atoms with van der Waals surface area (Å²) in [5, 5.41) is 16.5. The van der Waals surface area contributed by atoms with Crippen molar-refractivity contribution >= 4 is 15.8 Å². The van der Waals surface area contributed by atoms with Crippen molar-refractivity contribution in [3.8, 4) is 5.75 Å². The van der Waals surface area contributed by atoms with E-state index in [1.807, 2.05) is 45.0 Å². The highest BCUT2D eigenvalue weighted by molar-refractivity contribution is 7.91. The lowest BCUT2D eigenvalue weighted by molar-refractivity contribution is 0.186. The van der Waals surface area contributed by atoms with E-state index < -0.39 is 15.9 Å². The van der Waals surface area contributed by atoms with E-state index in [1.54, 1.807) is 30.3 Å². The first kappa shape index (κ1) is 23.7. The Morgan fingerprint density at radius 3 is 2.33 bits per heavy atom. The molecule has 0 aliphatic carbocycles. The van der Waals surface area contributed by atoms with Gasteiger partial charge in [-0.15, -0.1) is 0 Å². The third-order valence-electron chi connectivity index (χ3n) is 4.17. The SMILES string of the molecule is CCNC(=NCC(O)c1ccc(OC(C)C)cc1)NCCS(=O)(=O)c1ccccc1. The van der Waals surface area contributed by atoms with Crippen LogP contribution in [-0.2, 0) is 9.84 Å². The van der Waals surface area contributed by atoms with Gasteiger partial charge >= 0.3 is 0 Å². The first-order chi connectivity index (χ1) is 14.3. The number of rotatable bonds is 10. The van der Waals surface area contributed by atoms with Gasteiger partial charge < -0.3 is 20.5 Å². The van der Waals surface area contributed by atoms with Crippen molar-refractivity contribution in [2.45, 2.75) is 37.9 Å². The molecule has 2 aromatic carbocycles. The second-order valence-electron chi connectivity index (χ2n) is 7.03. The van der Waals surface area contributed by atoms with Gasteiger partial charge in [0.25, 0.3) is 0 Å². The molecule has 30 heavy (non-hydrogen) atoms. The van der Waals surface area contributed by atoms with E-state index in [4.69, 9.17) is 4.74 Å². The number of guanidine groups is 1. The molecule has 1 unspecified atom stereocenters. The molecule has 0 aliphatic heterocycles. The van der Waals surface area contributed by atoms with Crippen LogP contribution in [0.2, 0.25) is 0 Å². The van der Waals surface area contributed by atoms with Crippen molar-refractivity contribution in [3.05, 3.63) is 60.2 Å². The van der Waals surface area contributed by atoms with Gasteiger partial charge in [0.15, 0.2) is 15.8 Å². The normalized spacial score (nSPS) is 13.2. The largest absolute Gasteiger partial charge is 0.491 e. The summed E-state index contributed by atoms with van der Waals surface area (Å²) < 4.78 is 30.3. The summed E-state index contributed by atoms with van der Waals surface area (Å²) in [6.07, 6.45) is -0.688. The van der Waals surface area contributed by atoms with Gasteiger partial charge in [-0.1, -0.05) is 30.3 Å². The second kappa shape index (κ2) is 11.6. The van der Waals surface area contributed by atoms with Gasteiger partial charge in [-0.2, -0.15) is 0 Å². The Hall–Kier alpha value is -2.58. The summed E-state index contributed by atoms with van der Waals surface area (Å²) in [6, 6.07) is 15.6. The van der Waals surface area contributed by atoms with Crippen LogP contribution in [0.25, 0.3) is 0 Å². The molecule has 164 valence electrons. The second-order valence-corrected chi connectivity index (χ2v) is 9.14. The van der Waals surface area contributed by atoms with Crippen molar-refractivity contribution < 1.29 is 18.3 Å². The number of benzene rings is 2. The van der Waals surface area contributed by atoms with Crippen LogP contribution in [-0.4, -0.2) is 51.0 Å². The first-order valence-electron chi connectivity index (χ1n) is 10.1. The third kappa shape index (κ3) is 7.68. The molecule has 2 aromatic rings. The lowest BCUT2D eigenvalue weighted by Crippen LogP contribution is -2.39. The van der Waals surface area contributed by atoms with Gasteiger partial charge in [-0.3, -0.25) is 4.99 Å². The van der Waals surface area contributed by atoms with E-state index in [0.29, 0.717) is 17.4 Å². The maximum atomic E-state index is 12.4. The molecule has 8 heteroatoms. The van der Waals surface area contributed by atoms with Gasteiger partial charge in [-0.25, -0.2) is 8.42 Å². The van der Waals surface area contributed by atoms with Crippen LogP contribution in [0.5, 0.6) is 5.75 Å². The predicted molar refractivity (Wildman–Crippen MR) is 120 cm³/mol. The standard InChI is InChI=1S/C22H31N3O4S/c1-4-23-22(24-14-15-30(27,28)20-8-6-5-7-9-20)25-16-21(26)18-10-12-19(13-11-18)29-17(2)3/h5-13,17,21,26H,4,14-16H2,1-3H3,(H2,23,24,25). The van der Waals surface area contributed by atoms with Crippen molar-refractivity contribution in [3.63, 3.8) is 0 Å². The molecule has 0 saturated heterocycles. The molecule has 0 fully saturated rings. The molecule has 0 heterocycles. The zero-order valence-electron chi connectivity index (χ0n) is 17.7. The van der Waals surface area contributed by atoms with E-state index in [9.17, 15) is 13.5 Å². The Kier molecular flexibility index (Phi) is 9.14. The first-order valence-corrected chi connectivity index (χ1v) is 11.7. The molecule has 0 aliphatic rings. The minimum atomic E-state index is -3.36. The fourth-order valence-electron chi connectivity index (χ4n) is 2.72. The summed E-state index contributed by atoms with van der Waals surface area (Å²) >= 11 is 0. The number of hydrogen-bond donors (Lipinski definition) is 3. The Labute approximate surface area is 179 Å². The zero-order valence-corrected chi connectivity index (χ0v) is 18.5. The molecular weight excluding hydrogens is 402 g/mol. The lowest BCUT2D eigenvalue weighted by Gasteiger charge is -2.14. The molecule has 0 radical (unpaired) electrons. The van der Waals surface area contributed by atoms with E-state index in [1.165, 1.54) is 0 Å². The molecular formula is C22H31N3O4S. The van der Waals surface area contributed by atoms with Crippen molar-refractivity contribution in [2.24, 2.45) is 4.99 Å². The van der Waals surface area contributed by atoms with Gasteiger partial charge in [0, 0.05) is 13.1 Å². The van der Waals surface area contributed by atoms with Crippen LogP contribution >= 0.6 is 0 Å². The van der Waals surface area contributed by atoms with Crippen LogP contribution in [0, 0.1) is 0 Å². The van der Waals surface area contributed by atoms with Crippen LogP contribution in [0.3, 0.4) is 0 Å². The highest BCUT2D eigenvalue weighted by atomic mass is 32.2. The number of sulfone groups is 1. The molecule has 0 aromatic heterocycles. The Morgan fingerprint density at radius 1 is 1.07 bits per heavy atom. The molecule has 0 saturated carbocycles. The molecule has 2 rings (SSSR count). The molecule has 7 nitrogen and oxygen atoms in total. The van der Waals surface area contributed by atoms with Crippen LogP contribution in [0.4, 0.5) is 0 Å². The van der Waals surface area contributed by atoms with Crippen molar-refractivity contribution in [1.29, 1.82) is 0 Å². The van der Waals surface area contributed by atoms with E-state index in [0.717, 1.165) is 11.3 Å². The number of nitrogens with one attached hydrogen (secondary N) is 2. The summed E-state index contributed by atoms with van der Waals surface area (Å²) in [6.45, 7) is 6.80. The monoisotopic (exact) mass is 433 g/mol. The summed E-state index contributed by atoms with van der Waals surface area (Å²) in [5.74, 6) is 1.15. The molecule has 0 bridgehead atoms. The van der Waals surface area contributed by atoms with E-state index >= 15 is 0 Å². The number of ether oxygens (including phenoxy) is 1. The highest BCUT2D eigenvalue weighted by Crippen LogP contribution is 2.19.